The first-order valence-electron chi connectivity index (χ1n) is 6.04. The van der Waals surface area contributed by atoms with Gasteiger partial charge in [0, 0.05) is 12.6 Å². The molecular weight excluding hydrogens is 254 g/mol. The molecule has 5 atom stereocenters. The summed E-state index contributed by atoms with van der Waals surface area (Å²) in [4.78, 5) is 24.6. The van der Waals surface area contributed by atoms with Gasteiger partial charge in [0.05, 0.1) is 12.5 Å². The van der Waals surface area contributed by atoms with Crippen molar-refractivity contribution in [3.8, 4) is 0 Å². The summed E-state index contributed by atoms with van der Waals surface area (Å²) in [6.07, 6.45) is -3.10. The lowest BCUT2D eigenvalue weighted by molar-refractivity contribution is -0.144. The maximum atomic E-state index is 12.0. The van der Waals surface area contributed by atoms with Crippen LogP contribution in [0.1, 0.15) is 6.92 Å². The fourth-order valence-corrected chi connectivity index (χ4v) is 2.38. The number of carbonyl (C=O) groups excluding carboxylic acids is 2. The molecule has 1 fully saturated rings. The van der Waals surface area contributed by atoms with E-state index < -0.39 is 42.8 Å². The van der Waals surface area contributed by atoms with Gasteiger partial charge in [-0.05, 0) is 0 Å². The van der Waals surface area contributed by atoms with Crippen molar-refractivity contribution in [1.82, 2.24) is 4.90 Å². The van der Waals surface area contributed by atoms with Gasteiger partial charge in [0.15, 0.2) is 0 Å². The molecule has 2 amide bonds. The molecule has 2 unspecified atom stereocenters. The number of hydrogen-bond acceptors (Lipinski definition) is 6. The molecule has 0 spiro atoms. The second-order valence-electron chi connectivity index (χ2n) is 4.87. The standard InChI is InChI=1S/C12H17NO6/c1-5-3-6(12(18)13(2)11(5)17)10-9(16)8(15)7(4-14)19-10/h3,5,7-10,14-16H,4H2,1-2H3/t5?,7-,8+,9?,10+/m1/s1. The number of likely N-dealkylation sites (N-methyl/N-ethyl adjacent to an activating group) is 1. The van der Waals surface area contributed by atoms with E-state index in [-0.39, 0.29) is 11.5 Å². The van der Waals surface area contributed by atoms with Crippen LogP contribution in [0.2, 0.25) is 0 Å². The fraction of sp³-hybridized carbons (Fsp3) is 0.667. The molecule has 2 rings (SSSR count). The third-order valence-electron chi connectivity index (χ3n) is 3.55. The molecule has 2 heterocycles. The predicted octanol–water partition coefficient (Wildman–Crippen LogP) is -1.97. The van der Waals surface area contributed by atoms with Gasteiger partial charge in [-0.15, -0.1) is 0 Å². The van der Waals surface area contributed by atoms with Crippen LogP contribution in [0, 0.1) is 5.92 Å². The van der Waals surface area contributed by atoms with Crippen molar-refractivity contribution in [1.29, 1.82) is 0 Å². The second-order valence-corrected chi connectivity index (χ2v) is 4.87. The average molecular weight is 271 g/mol. The highest BCUT2D eigenvalue weighted by molar-refractivity contribution is 6.08. The van der Waals surface area contributed by atoms with E-state index in [1.807, 2.05) is 0 Å². The van der Waals surface area contributed by atoms with Crippen molar-refractivity contribution in [3.05, 3.63) is 11.6 Å². The molecule has 19 heavy (non-hydrogen) atoms. The number of amides is 2. The Bertz CT molecular complexity index is 434. The Labute approximate surface area is 110 Å². The van der Waals surface area contributed by atoms with Crippen LogP contribution < -0.4 is 0 Å². The smallest absolute Gasteiger partial charge is 0.258 e. The van der Waals surface area contributed by atoms with Crippen LogP contribution in [0.25, 0.3) is 0 Å². The highest BCUT2D eigenvalue weighted by Gasteiger charge is 2.47. The quantitative estimate of drug-likeness (QED) is 0.503. The second kappa shape index (κ2) is 5.01. The number of carbonyl (C=O) groups is 2. The molecular formula is C12H17NO6. The SMILES string of the molecule is CC1C=C([C@@H]2O[C@H](CO)[C@H](O)C2O)C(=O)N(C)C1=O. The Morgan fingerprint density at radius 3 is 2.47 bits per heavy atom. The van der Waals surface area contributed by atoms with Crippen LogP contribution in [-0.4, -0.2) is 70.1 Å². The Morgan fingerprint density at radius 1 is 1.32 bits per heavy atom. The lowest BCUT2D eigenvalue weighted by Crippen LogP contribution is -2.46. The summed E-state index contributed by atoms with van der Waals surface area (Å²) >= 11 is 0. The van der Waals surface area contributed by atoms with E-state index in [0.717, 1.165) is 4.90 Å². The van der Waals surface area contributed by atoms with Crippen molar-refractivity contribution >= 4 is 11.8 Å². The van der Waals surface area contributed by atoms with Crippen molar-refractivity contribution in [2.45, 2.75) is 31.3 Å². The topological polar surface area (TPSA) is 107 Å². The summed E-state index contributed by atoms with van der Waals surface area (Å²) in [6, 6.07) is 0. The van der Waals surface area contributed by atoms with Gasteiger partial charge in [-0.2, -0.15) is 0 Å². The van der Waals surface area contributed by atoms with Crippen molar-refractivity contribution < 1.29 is 29.6 Å². The van der Waals surface area contributed by atoms with E-state index in [1.165, 1.54) is 13.1 Å². The van der Waals surface area contributed by atoms with Gasteiger partial charge in [0.25, 0.3) is 5.91 Å². The van der Waals surface area contributed by atoms with Crippen LogP contribution in [0.4, 0.5) is 0 Å². The van der Waals surface area contributed by atoms with E-state index >= 15 is 0 Å². The lowest BCUT2D eigenvalue weighted by Gasteiger charge is -2.28. The average Bonchev–Trinajstić information content (AvgIpc) is 2.68. The third-order valence-corrected chi connectivity index (χ3v) is 3.55. The summed E-state index contributed by atoms with van der Waals surface area (Å²) in [5, 5.41) is 28.6. The van der Waals surface area contributed by atoms with E-state index in [2.05, 4.69) is 0 Å². The molecule has 2 aliphatic rings. The molecule has 3 N–H and O–H groups in total. The minimum atomic E-state index is -1.30. The minimum Gasteiger partial charge on any atom is -0.394 e. The first-order valence-corrected chi connectivity index (χ1v) is 6.04. The third kappa shape index (κ3) is 2.18. The Balaban J connectivity index is 2.29. The summed E-state index contributed by atoms with van der Waals surface area (Å²) in [5.74, 6) is -1.39. The Hall–Kier alpha value is -1.28. The minimum absolute atomic E-state index is 0.136. The van der Waals surface area contributed by atoms with Gasteiger partial charge >= 0.3 is 0 Å². The monoisotopic (exact) mass is 271 g/mol. The maximum Gasteiger partial charge on any atom is 0.258 e. The highest BCUT2D eigenvalue weighted by Crippen LogP contribution is 2.30. The van der Waals surface area contributed by atoms with Crippen LogP contribution in [0.15, 0.2) is 11.6 Å². The number of aliphatic hydroxyl groups is 3. The zero-order valence-corrected chi connectivity index (χ0v) is 10.7. The number of aliphatic hydroxyl groups excluding tert-OH is 3. The molecule has 0 aromatic rings. The maximum absolute atomic E-state index is 12.0. The van der Waals surface area contributed by atoms with Crippen LogP contribution in [0.5, 0.6) is 0 Å². The molecule has 0 aromatic carbocycles. The summed E-state index contributed by atoms with van der Waals surface area (Å²) < 4.78 is 5.30. The van der Waals surface area contributed by atoms with Crippen molar-refractivity contribution in [3.63, 3.8) is 0 Å². The Kier molecular flexibility index (Phi) is 3.73. The molecule has 0 radical (unpaired) electrons. The summed E-state index contributed by atoms with van der Waals surface area (Å²) in [7, 11) is 1.36. The molecule has 2 aliphatic heterocycles. The van der Waals surface area contributed by atoms with Gasteiger partial charge in [0.1, 0.15) is 24.4 Å². The fourth-order valence-electron chi connectivity index (χ4n) is 2.38. The Morgan fingerprint density at radius 2 is 1.95 bits per heavy atom. The summed E-state index contributed by atoms with van der Waals surface area (Å²) in [6.45, 7) is 1.17. The number of ether oxygens (including phenoxy) is 1. The largest absolute Gasteiger partial charge is 0.394 e. The molecule has 0 aliphatic carbocycles. The van der Waals surface area contributed by atoms with E-state index in [4.69, 9.17) is 9.84 Å². The van der Waals surface area contributed by atoms with E-state index in [1.54, 1.807) is 6.92 Å². The van der Waals surface area contributed by atoms with Crippen LogP contribution in [-0.2, 0) is 14.3 Å². The number of rotatable bonds is 2. The zero-order valence-electron chi connectivity index (χ0n) is 10.7. The predicted molar refractivity (Wildman–Crippen MR) is 62.8 cm³/mol. The van der Waals surface area contributed by atoms with Gasteiger partial charge in [-0.3, -0.25) is 14.5 Å². The lowest BCUT2D eigenvalue weighted by atomic mass is 9.93. The molecule has 7 nitrogen and oxygen atoms in total. The molecule has 7 heteroatoms. The van der Waals surface area contributed by atoms with Gasteiger partial charge in [-0.25, -0.2) is 0 Å². The van der Waals surface area contributed by atoms with Crippen LogP contribution in [0.3, 0.4) is 0 Å². The highest BCUT2D eigenvalue weighted by atomic mass is 16.6. The summed E-state index contributed by atoms with van der Waals surface area (Å²) in [5.41, 5.74) is 0.136. The van der Waals surface area contributed by atoms with Crippen LogP contribution >= 0.6 is 0 Å². The van der Waals surface area contributed by atoms with Crippen molar-refractivity contribution in [2.75, 3.05) is 13.7 Å². The number of nitrogens with zero attached hydrogens (tertiary/aromatic N) is 1. The molecule has 0 saturated carbocycles. The number of hydrogen-bond donors (Lipinski definition) is 3. The van der Waals surface area contributed by atoms with Gasteiger partial charge in [-0.1, -0.05) is 13.0 Å². The van der Waals surface area contributed by atoms with E-state index in [9.17, 15) is 19.8 Å². The van der Waals surface area contributed by atoms with Crippen molar-refractivity contribution in [2.24, 2.45) is 5.92 Å². The molecule has 0 bridgehead atoms. The normalized spacial score (nSPS) is 39.7. The zero-order chi connectivity index (χ0) is 14.3. The molecule has 106 valence electrons. The van der Waals surface area contributed by atoms with Gasteiger partial charge < -0.3 is 20.1 Å². The number of imide groups is 1. The molecule has 0 aromatic heterocycles. The molecule has 1 saturated heterocycles. The first-order chi connectivity index (χ1) is 8.88. The van der Waals surface area contributed by atoms with E-state index in [0.29, 0.717) is 0 Å². The van der Waals surface area contributed by atoms with Gasteiger partial charge in [0.2, 0.25) is 5.91 Å². The first kappa shape index (κ1) is 14.1.